The average Bonchev–Trinajstić information content (AvgIpc) is 2.92. The van der Waals surface area contributed by atoms with Gasteiger partial charge in [-0.25, -0.2) is 0 Å². The van der Waals surface area contributed by atoms with Gasteiger partial charge in [-0.15, -0.1) is 30.4 Å². The Bertz CT molecular complexity index is 509. The molecular weight excluding hydrogens is 443 g/mol. The van der Waals surface area contributed by atoms with Crippen molar-refractivity contribution in [2.45, 2.75) is 12.5 Å². The maximum absolute atomic E-state index is 5.24. The number of benzene rings is 1. The van der Waals surface area contributed by atoms with Crippen molar-refractivity contribution in [3.63, 3.8) is 0 Å². The molecule has 4 nitrogen and oxygen atoms in total. The summed E-state index contributed by atoms with van der Waals surface area (Å²) in [5, 5.41) is 6.49. The van der Waals surface area contributed by atoms with Gasteiger partial charge in [0.25, 0.3) is 0 Å². The van der Waals surface area contributed by atoms with Gasteiger partial charge in [0.2, 0.25) is 0 Å². The molecule has 1 aliphatic rings. The standard InChI is InChI=1S/C15H19BrN4.HI/c1-3-9-18-15(17-2)19-13-8-10-20(11-13)14-6-4-12(16)5-7-14;/h1,4-7,13H,8-11H2,2H3,(H2,17,18,19);1H. The minimum absolute atomic E-state index is 0. The number of hydrogen-bond donors (Lipinski definition) is 2. The van der Waals surface area contributed by atoms with E-state index in [0.29, 0.717) is 12.6 Å². The highest BCUT2D eigenvalue weighted by atomic mass is 127. The van der Waals surface area contributed by atoms with Crippen molar-refractivity contribution in [3.8, 4) is 12.3 Å². The molecule has 0 aromatic heterocycles. The van der Waals surface area contributed by atoms with Crippen LogP contribution < -0.4 is 15.5 Å². The molecule has 0 saturated carbocycles. The van der Waals surface area contributed by atoms with Crippen molar-refractivity contribution < 1.29 is 0 Å². The Hall–Kier alpha value is -0.940. The van der Waals surface area contributed by atoms with E-state index >= 15 is 0 Å². The zero-order valence-electron chi connectivity index (χ0n) is 12.0. The van der Waals surface area contributed by atoms with Crippen LogP contribution in [0.1, 0.15) is 6.42 Å². The lowest BCUT2D eigenvalue weighted by Gasteiger charge is -2.20. The normalized spacial score (nSPS) is 17.9. The number of rotatable bonds is 3. The number of halogens is 2. The summed E-state index contributed by atoms with van der Waals surface area (Å²) in [5.41, 5.74) is 1.25. The molecule has 0 aliphatic carbocycles. The van der Waals surface area contributed by atoms with Gasteiger partial charge in [-0.2, -0.15) is 0 Å². The summed E-state index contributed by atoms with van der Waals surface area (Å²) in [4.78, 5) is 6.55. The van der Waals surface area contributed by atoms with E-state index in [1.54, 1.807) is 7.05 Å². The van der Waals surface area contributed by atoms with Crippen LogP contribution in [-0.4, -0.2) is 38.7 Å². The first kappa shape index (κ1) is 18.1. The van der Waals surface area contributed by atoms with E-state index in [1.807, 2.05) is 0 Å². The predicted molar refractivity (Wildman–Crippen MR) is 104 cm³/mol. The zero-order valence-corrected chi connectivity index (χ0v) is 15.9. The molecule has 0 spiro atoms. The van der Waals surface area contributed by atoms with E-state index in [0.717, 1.165) is 29.9 Å². The summed E-state index contributed by atoms with van der Waals surface area (Å²) < 4.78 is 1.11. The lowest BCUT2D eigenvalue weighted by atomic mass is 10.3. The van der Waals surface area contributed by atoms with E-state index in [9.17, 15) is 0 Å². The summed E-state index contributed by atoms with van der Waals surface area (Å²) in [6, 6.07) is 8.81. The number of nitrogens with zero attached hydrogens (tertiary/aromatic N) is 2. The molecule has 1 atom stereocenters. The monoisotopic (exact) mass is 462 g/mol. The first-order chi connectivity index (χ1) is 9.72. The second-order valence-electron chi connectivity index (χ2n) is 4.68. The molecule has 2 N–H and O–H groups in total. The predicted octanol–water partition coefficient (Wildman–Crippen LogP) is 2.44. The summed E-state index contributed by atoms with van der Waals surface area (Å²) in [6.45, 7) is 2.51. The van der Waals surface area contributed by atoms with Crippen molar-refractivity contribution >= 4 is 51.6 Å². The summed E-state index contributed by atoms with van der Waals surface area (Å²) in [6.07, 6.45) is 6.33. The molecule has 2 rings (SSSR count). The van der Waals surface area contributed by atoms with E-state index < -0.39 is 0 Å². The van der Waals surface area contributed by atoms with Crippen molar-refractivity contribution in [1.82, 2.24) is 10.6 Å². The van der Waals surface area contributed by atoms with Crippen LogP contribution in [0.3, 0.4) is 0 Å². The van der Waals surface area contributed by atoms with Gasteiger partial charge in [0.05, 0.1) is 6.54 Å². The van der Waals surface area contributed by atoms with Crippen LogP contribution in [0.4, 0.5) is 5.69 Å². The Kier molecular flexibility index (Phi) is 7.89. The molecule has 6 heteroatoms. The van der Waals surface area contributed by atoms with Gasteiger partial charge in [0.15, 0.2) is 5.96 Å². The van der Waals surface area contributed by atoms with Crippen molar-refractivity contribution in [1.29, 1.82) is 0 Å². The number of anilines is 1. The van der Waals surface area contributed by atoms with Gasteiger partial charge in [0, 0.05) is 36.3 Å². The number of hydrogen-bond acceptors (Lipinski definition) is 2. The van der Waals surface area contributed by atoms with Crippen LogP contribution in [0.15, 0.2) is 33.7 Å². The van der Waals surface area contributed by atoms with Crippen LogP contribution in [-0.2, 0) is 0 Å². The molecule has 0 radical (unpaired) electrons. The van der Waals surface area contributed by atoms with E-state index in [1.165, 1.54) is 5.69 Å². The van der Waals surface area contributed by atoms with Gasteiger partial charge in [-0.3, -0.25) is 4.99 Å². The molecule has 114 valence electrons. The zero-order chi connectivity index (χ0) is 14.4. The fourth-order valence-corrected chi connectivity index (χ4v) is 2.55. The Morgan fingerprint density at radius 2 is 2.19 bits per heavy atom. The van der Waals surface area contributed by atoms with E-state index in [2.05, 4.69) is 66.6 Å². The third-order valence-corrected chi connectivity index (χ3v) is 3.83. The third-order valence-electron chi connectivity index (χ3n) is 3.30. The highest BCUT2D eigenvalue weighted by Crippen LogP contribution is 2.22. The molecule has 1 aliphatic heterocycles. The Morgan fingerprint density at radius 1 is 1.48 bits per heavy atom. The molecule has 1 unspecified atom stereocenters. The lowest BCUT2D eigenvalue weighted by molar-refractivity contribution is 0.655. The summed E-state index contributed by atoms with van der Waals surface area (Å²) >= 11 is 3.46. The summed E-state index contributed by atoms with van der Waals surface area (Å²) in [7, 11) is 1.76. The van der Waals surface area contributed by atoms with Crippen molar-refractivity contribution in [2.24, 2.45) is 4.99 Å². The van der Waals surface area contributed by atoms with Crippen LogP contribution in [0, 0.1) is 12.3 Å². The smallest absolute Gasteiger partial charge is 0.192 e. The third kappa shape index (κ3) is 5.40. The lowest BCUT2D eigenvalue weighted by Crippen LogP contribution is -2.44. The molecular formula is C15H20BrIN4. The first-order valence-corrected chi connectivity index (χ1v) is 7.43. The Labute approximate surface area is 151 Å². The van der Waals surface area contributed by atoms with Crippen LogP contribution >= 0.6 is 39.9 Å². The number of aliphatic imine (C=N–C) groups is 1. The minimum Gasteiger partial charge on any atom is -0.369 e. The Morgan fingerprint density at radius 3 is 2.81 bits per heavy atom. The number of nitrogens with one attached hydrogen (secondary N) is 2. The maximum atomic E-state index is 5.24. The van der Waals surface area contributed by atoms with Crippen LogP contribution in [0.25, 0.3) is 0 Å². The van der Waals surface area contributed by atoms with Crippen molar-refractivity contribution in [3.05, 3.63) is 28.7 Å². The number of guanidine groups is 1. The fourth-order valence-electron chi connectivity index (χ4n) is 2.29. The average molecular weight is 463 g/mol. The molecule has 1 heterocycles. The highest BCUT2D eigenvalue weighted by molar-refractivity contribution is 14.0. The topological polar surface area (TPSA) is 39.7 Å². The molecule has 0 bridgehead atoms. The van der Waals surface area contributed by atoms with Crippen LogP contribution in [0.2, 0.25) is 0 Å². The quantitative estimate of drug-likeness (QED) is 0.313. The molecule has 1 aromatic rings. The largest absolute Gasteiger partial charge is 0.369 e. The summed E-state index contributed by atoms with van der Waals surface area (Å²) in [5.74, 6) is 3.32. The molecule has 1 aromatic carbocycles. The Balaban J connectivity index is 0.00000220. The minimum atomic E-state index is 0. The molecule has 21 heavy (non-hydrogen) atoms. The van der Waals surface area contributed by atoms with Gasteiger partial charge < -0.3 is 15.5 Å². The molecule has 0 amide bonds. The maximum Gasteiger partial charge on any atom is 0.192 e. The number of terminal acetylenes is 1. The van der Waals surface area contributed by atoms with E-state index in [-0.39, 0.29) is 24.0 Å². The second-order valence-corrected chi connectivity index (χ2v) is 5.60. The SMILES string of the molecule is C#CCNC(=NC)NC1CCN(c2ccc(Br)cc2)C1.I. The van der Waals surface area contributed by atoms with E-state index in [4.69, 9.17) is 6.42 Å². The van der Waals surface area contributed by atoms with Crippen LogP contribution in [0.5, 0.6) is 0 Å². The first-order valence-electron chi connectivity index (χ1n) is 6.64. The van der Waals surface area contributed by atoms with Crippen molar-refractivity contribution in [2.75, 3.05) is 31.6 Å². The van der Waals surface area contributed by atoms with Gasteiger partial charge in [-0.1, -0.05) is 21.9 Å². The molecule has 1 fully saturated rings. The van der Waals surface area contributed by atoms with Gasteiger partial charge >= 0.3 is 0 Å². The second kappa shape index (κ2) is 9.15. The fraction of sp³-hybridized carbons (Fsp3) is 0.400. The highest BCUT2D eigenvalue weighted by Gasteiger charge is 2.23. The van der Waals surface area contributed by atoms with Gasteiger partial charge in [0.1, 0.15) is 0 Å². The molecule has 1 saturated heterocycles. The van der Waals surface area contributed by atoms with Gasteiger partial charge in [-0.05, 0) is 30.7 Å².